The van der Waals surface area contributed by atoms with Crippen LogP contribution in [0.4, 0.5) is 0 Å². The van der Waals surface area contributed by atoms with Gasteiger partial charge in [0.1, 0.15) is 0 Å². The first-order valence-electron chi connectivity index (χ1n) is 7.15. The van der Waals surface area contributed by atoms with Crippen molar-refractivity contribution in [3.05, 3.63) is 0 Å². The fourth-order valence-electron chi connectivity index (χ4n) is 2.31. The summed E-state index contributed by atoms with van der Waals surface area (Å²) in [5, 5.41) is 6.53. The summed E-state index contributed by atoms with van der Waals surface area (Å²) in [6, 6.07) is 0. The second-order valence-electron chi connectivity index (χ2n) is 5.29. The highest BCUT2D eigenvalue weighted by atomic mass is 32.2. The molecule has 1 saturated heterocycles. The second kappa shape index (κ2) is 7.72. The van der Waals surface area contributed by atoms with E-state index in [1.54, 1.807) is 7.05 Å². The highest BCUT2D eigenvalue weighted by molar-refractivity contribution is 7.91. The SMILES string of the molecule is CCC(CC)CNC(=NC)NCC1CCS(=O)(=O)C1. The Balaban J connectivity index is 2.30. The average Bonchev–Trinajstić information content (AvgIpc) is 2.73. The summed E-state index contributed by atoms with van der Waals surface area (Å²) >= 11 is 0. The number of aliphatic imine (C=N–C) groups is 1. The van der Waals surface area contributed by atoms with Crippen LogP contribution < -0.4 is 10.6 Å². The number of rotatable bonds is 6. The number of guanidine groups is 1. The molecule has 0 aliphatic carbocycles. The van der Waals surface area contributed by atoms with E-state index in [0.717, 1.165) is 31.8 Å². The molecule has 112 valence electrons. The van der Waals surface area contributed by atoms with Crippen molar-refractivity contribution in [1.29, 1.82) is 0 Å². The van der Waals surface area contributed by atoms with E-state index in [9.17, 15) is 8.42 Å². The van der Waals surface area contributed by atoms with Crippen molar-refractivity contribution in [2.75, 3.05) is 31.6 Å². The number of sulfone groups is 1. The highest BCUT2D eigenvalue weighted by Gasteiger charge is 2.27. The second-order valence-corrected chi connectivity index (χ2v) is 7.51. The van der Waals surface area contributed by atoms with Gasteiger partial charge in [-0.3, -0.25) is 4.99 Å². The minimum absolute atomic E-state index is 0.219. The van der Waals surface area contributed by atoms with Crippen LogP contribution in [0, 0.1) is 11.8 Å². The molecule has 0 saturated carbocycles. The maximum absolute atomic E-state index is 11.4. The van der Waals surface area contributed by atoms with Gasteiger partial charge >= 0.3 is 0 Å². The lowest BCUT2D eigenvalue weighted by molar-refractivity contribution is 0.479. The topological polar surface area (TPSA) is 70.6 Å². The van der Waals surface area contributed by atoms with Gasteiger partial charge in [0.05, 0.1) is 11.5 Å². The molecule has 1 aliphatic rings. The molecule has 0 aromatic rings. The van der Waals surface area contributed by atoms with E-state index in [1.807, 2.05) is 0 Å². The van der Waals surface area contributed by atoms with Crippen LogP contribution >= 0.6 is 0 Å². The van der Waals surface area contributed by atoms with Crippen LogP contribution in [-0.4, -0.2) is 46.0 Å². The summed E-state index contributed by atoms with van der Waals surface area (Å²) in [4.78, 5) is 4.17. The van der Waals surface area contributed by atoms with Gasteiger partial charge in [0.2, 0.25) is 0 Å². The fourth-order valence-corrected chi connectivity index (χ4v) is 4.17. The summed E-state index contributed by atoms with van der Waals surface area (Å²) in [5.74, 6) is 2.29. The van der Waals surface area contributed by atoms with Crippen LogP contribution in [-0.2, 0) is 9.84 Å². The maximum Gasteiger partial charge on any atom is 0.190 e. The molecule has 0 bridgehead atoms. The Labute approximate surface area is 117 Å². The number of hydrogen-bond acceptors (Lipinski definition) is 3. The Kier molecular flexibility index (Phi) is 6.62. The van der Waals surface area contributed by atoms with Gasteiger partial charge in [0.15, 0.2) is 15.8 Å². The molecule has 1 heterocycles. The first kappa shape index (κ1) is 16.3. The molecule has 6 heteroatoms. The Morgan fingerprint density at radius 2 is 2.00 bits per heavy atom. The summed E-state index contributed by atoms with van der Waals surface area (Å²) in [7, 11) is -1.04. The third-order valence-corrected chi connectivity index (χ3v) is 5.66. The molecule has 1 fully saturated rings. The molecule has 1 unspecified atom stereocenters. The van der Waals surface area contributed by atoms with Crippen LogP contribution in [0.3, 0.4) is 0 Å². The smallest absolute Gasteiger partial charge is 0.190 e. The predicted molar refractivity (Wildman–Crippen MR) is 80.2 cm³/mol. The summed E-state index contributed by atoms with van der Waals surface area (Å²) < 4.78 is 22.7. The molecule has 0 aromatic carbocycles. The van der Waals surface area contributed by atoms with Crippen LogP contribution in [0.1, 0.15) is 33.1 Å². The van der Waals surface area contributed by atoms with Gasteiger partial charge in [-0.15, -0.1) is 0 Å². The van der Waals surface area contributed by atoms with E-state index in [1.165, 1.54) is 0 Å². The first-order chi connectivity index (χ1) is 9.00. The van der Waals surface area contributed by atoms with Crippen molar-refractivity contribution in [2.45, 2.75) is 33.1 Å². The van der Waals surface area contributed by atoms with Gasteiger partial charge in [-0.05, 0) is 18.3 Å². The zero-order chi connectivity index (χ0) is 14.3. The van der Waals surface area contributed by atoms with Gasteiger partial charge < -0.3 is 10.6 Å². The molecule has 0 amide bonds. The van der Waals surface area contributed by atoms with Crippen LogP contribution in [0.5, 0.6) is 0 Å². The number of hydrogen-bond donors (Lipinski definition) is 2. The molecule has 19 heavy (non-hydrogen) atoms. The van der Waals surface area contributed by atoms with E-state index in [2.05, 4.69) is 29.5 Å². The fraction of sp³-hybridized carbons (Fsp3) is 0.923. The van der Waals surface area contributed by atoms with Gasteiger partial charge in [-0.1, -0.05) is 26.7 Å². The largest absolute Gasteiger partial charge is 0.356 e. The zero-order valence-electron chi connectivity index (χ0n) is 12.3. The minimum atomic E-state index is -2.78. The molecule has 2 N–H and O–H groups in total. The van der Waals surface area contributed by atoms with Crippen molar-refractivity contribution in [3.63, 3.8) is 0 Å². The Hall–Kier alpha value is -0.780. The number of nitrogens with zero attached hydrogens (tertiary/aromatic N) is 1. The molecule has 5 nitrogen and oxygen atoms in total. The Morgan fingerprint density at radius 3 is 2.47 bits per heavy atom. The van der Waals surface area contributed by atoms with Gasteiger partial charge in [0.25, 0.3) is 0 Å². The van der Waals surface area contributed by atoms with Gasteiger partial charge in [0, 0.05) is 20.1 Å². The monoisotopic (exact) mass is 289 g/mol. The van der Waals surface area contributed by atoms with E-state index >= 15 is 0 Å². The van der Waals surface area contributed by atoms with Crippen LogP contribution in [0.15, 0.2) is 4.99 Å². The minimum Gasteiger partial charge on any atom is -0.356 e. The zero-order valence-corrected chi connectivity index (χ0v) is 13.1. The number of nitrogens with one attached hydrogen (secondary N) is 2. The van der Waals surface area contributed by atoms with Gasteiger partial charge in [-0.25, -0.2) is 8.42 Å². The lowest BCUT2D eigenvalue weighted by Gasteiger charge is -2.18. The quantitative estimate of drug-likeness (QED) is 0.566. The lowest BCUT2D eigenvalue weighted by Crippen LogP contribution is -2.41. The van der Waals surface area contributed by atoms with E-state index < -0.39 is 9.84 Å². The third-order valence-electron chi connectivity index (χ3n) is 3.82. The van der Waals surface area contributed by atoms with E-state index in [0.29, 0.717) is 24.0 Å². The molecular weight excluding hydrogens is 262 g/mol. The molecule has 1 atom stereocenters. The average molecular weight is 289 g/mol. The van der Waals surface area contributed by atoms with E-state index in [-0.39, 0.29) is 5.92 Å². The van der Waals surface area contributed by atoms with Crippen molar-refractivity contribution in [3.8, 4) is 0 Å². The summed E-state index contributed by atoms with van der Waals surface area (Å²) in [6.07, 6.45) is 3.07. The van der Waals surface area contributed by atoms with Crippen molar-refractivity contribution >= 4 is 15.8 Å². The molecule has 1 aliphatic heterocycles. The van der Waals surface area contributed by atoms with Crippen LogP contribution in [0.25, 0.3) is 0 Å². The molecular formula is C13H27N3O2S. The summed E-state index contributed by atoms with van der Waals surface area (Å²) in [6.45, 7) is 5.97. The molecule has 0 aromatic heterocycles. The predicted octanol–water partition coefficient (Wildman–Crippen LogP) is 1.02. The van der Waals surface area contributed by atoms with Crippen molar-refractivity contribution in [1.82, 2.24) is 10.6 Å². The van der Waals surface area contributed by atoms with Crippen LogP contribution in [0.2, 0.25) is 0 Å². The standard InChI is InChI=1S/C13H27N3O2S/c1-4-11(5-2)8-15-13(14-3)16-9-12-6-7-19(17,18)10-12/h11-12H,4-10H2,1-3H3,(H2,14,15,16). The maximum atomic E-state index is 11.4. The van der Waals surface area contributed by atoms with E-state index in [4.69, 9.17) is 0 Å². The Bertz CT molecular complexity index is 389. The third kappa shape index (κ3) is 5.80. The normalized spacial score (nSPS) is 22.7. The molecule has 0 spiro atoms. The molecule has 1 rings (SSSR count). The lowest BCUT2D eigenvalue weighted by atomic mass is 10.0. The van der Waals surface area contributed by atoms with Crippen molar-refractivity contribution in [2.24, 2.45) is 16.8 Å². The van der Waals surface area contributed by atoms with Gasteiger partial charge in [-0.2, -0.15) is 0 Å². The van der Waals surface area contributed by atoms with Crippen molar-refractivity contribution < 1.29 is 8.42 Å². The Morgan fingerprint density at radius 1 is 1.32 bits per heavy atom. The molecule has 0 radical (unpaired) electrons. The first-order valence-corrected chi connectivity index (χ1v) is 8.97. The summed E-state index contributed by atoms with van der Waals surface area (Å²) in [5.41, 5.74) is 0. The highest BCUT2D eigenvalue weighted by Crippen LogP contribution is 2.17.